The van der Waals surface area contributed by atoms with Crippen LogP contribution in [-0.2, 0) is 6.54 Å². The van der Waals surface area contributed by atoms with Crippen LogP contribution in [0.4, 0.5) is 5.82 Å². The van der Waals surface area contributed by atoms with Crippen molar-refractivity contribution < 1.29 is 0 Å². The van der Waals surface area contributed by atoms with Gasteiger partial charge in [-0.15, -0.1) is 0 Å². The second-order valence-electron chi connectivity index (χ2n) is 4.58. The summed E-state index contributed by atoms with van der Waals surface area (Å²) in [6, 6.07) is 14.7. The number of halogens is 1. The monoisotopic (exact) mass is 363 g/mol. The molecule has 4 heteroatoms. The first kappa shape index (κ1) is 12.5. The van der Waals surface area contributed by atoms with E-state index in [2.05, 4.69) is 70.2 Å². The average molecular weight is 363 g/mol. The summed E-state index contributed by atoms with van der Waals surface area (Å²) in [5.41, 5.74) is 8.31. The van der Waals surface area contributed by atoms with Crippen LogP contribution in [0, 0.1) is 10.5 Å². The zero-order valence-corrected chi connectivity index (χ0v) is 12.8. The number of nitrogen functional groups attached to an aromatic ring is 1. The second-order valence-corrected chi connectivity index (χ2v) is 5.66. The molecule has 0 bridgehead atoms. The number of aromatic nitrogens is 2. The molecule has 0 fully saturated rings. The predicted octanol–water partition coefficient (Wildman–Crippen LogP) is 3.58. The van der Waals surface area contributed by atoms with Gasteiger partial charge in [-0.25, -0.2) is 4.68 Å². The molecule has 0 radical (unpaired) electrons. The molecule has 0 saturated carbocycles. The van der Waals surface area contributed by atoms with Crippen molar-refractivity contribution in [2.24, 2.45) is 0 Å². The lowest BCUT2D eigenvalue weighted by Gasteiger charge is -2.08. The van der Waals surface area contributed by atoms with Crippen molar-refractivity contribution in [3.8, 4) is 0 Å². The Labute approximate surface area is 125 Å². The van der Waals surface area contributed by atoms with Crippen LogP contribution in [0.3, 0.4) is 0 Å². The number of fused-ring (bicyclic) bond motifs is 1. The van der Waals surface area contributed by atoms with Gasteiger partial charge in [0.15, 0.2) is 0 Å². The summed E-state index contributed by atoms with van der Waals surface area (Å²) in [6.45, 7) is 2.69. The van der Waals surface area contributed by atoms with Crippen LogP contribution < -0.4 is 5.73 Å². The molecule has 0 aliphatic carbocycles. The predicted molar refractivity (Wildman–Crippen MR) is 87.1 cm³/mol. The number of nitrogens with two attached hydrogens (primary N) is 1. The molecule has 0 spiro atoms. The highest BCUT2D eigenvalue weighted by Gasteiger charge is 2.10. The molecule has 3 nitrogen and oxygen atoms in total. The number of hydrogen-bond donors (Lipinski definition) is 1. The van der Waals surface area contributed by atoms with Crippen LogP contribution in [0.15, 0.2) is 42.5 Å². The fraction of sp³-hybridized carbons (Fsp3) is 0.133. The van der Waals surface area contributed by atoms with Crippen molar-refractivity contribution in [3.63, 3.8) is 0 Å². The Morgan fingerprint density at radius 2 is 1.89 bits per heavy atom. The molecule has 0 unspecified atom stereocenters. The van der Waals surface area contributed by atoms with E-state index < -0.39 is 0 Å². The first-order chi connectivity index (χ1) is 9.16. The highest BCUT2D eigenvalue weighted by molar-refractivity contribution is 14.1. The molecule has 3 aromatic rings. The normalized spacial score (nSPS) is 11.1. The number of anilines is 1. The summed E-state index contributed by atoms with van der Waals surface area (Å²) < 4.78 is 2.91. The lowest BCUT2D eigenvalue weighted by atomic mass is 10.0. The van der Waals surface area contributed by atoms with Gasteiger partial charge in [0.05, 0.1) is 15.8 Å². The Morgan fingerprint density at radius 3 is 2.63 bits per heavy atom. The molecule has 3 rings (SSSR count). The van der Waals surface area contributed by atoms with E-state index in [4.69, 9.17) is 5.73 Å². The van der Waals surface area contributed by atoms with Gasteiger partial charge in [-0.05, 0) is 45.9 Å². The minimum atomic E-state index is 0.705. The smallest absolute Gasteiger partial charge is 0.135 e. The van der Waals surface area contributed by atoms with E-state index >= 15 is 0 Å². The maximum atomic E-state index is 6.09. The lowest BCUT2D eigenvalue weighted by molar-refractivity contribution is 0.692. The van der Waals surface area contributed by atoms with Crippen molar-refractivity contribution in [1.29, 1.82) is 0 Å². The summed E-state index contributed by atoms with van der Waals surface area (Å²) in [7, 11) is 0. The van der Waals surface area contributed by atoms with Crippen LogP contribution in [0.1, 0.15) is 11.3 Å². The van der Waals surface area contributed by atoms with Gasteiger partial charge in [0.1, 0.15) is 5.82 Å². The Kier molecular flexibility index (Phi) is 3.18. The van der Waals surface area contributed by atoms with Gasteiger partial charge in [0, 0.05) is 0 Å². The Bertz CT molecular complexity index is 741. The number of nitrogens with zero attached hydrogens (tertiary/aromatic N) is 2. The van der Waals surface area contributed by atoms with Crippen molar-refractivity contribution in [1.82, 2.24) is 9.78 Å². The van der Waals surface area contributed by atoms with Gasteiger partial charge in [0.25, 0.3) is 0 Å². The first-order valence-corrected chi connectivity index (χ1v) is 7.19. The van der Waals surface area contributed by atoms with Crippen LogP contribution in [0.2, 0.25) is 0 Å². The fourth-order valence-corrected chi connectivity index (χ4v) is 2.68. The first-order valence-electron chi connectivity index (χ1n) is 6.12. The lowest BCUT2D eigenvalue weighted by Crippen LogP contribution is -2.06. The quantitative estimate of drug-likeness (QED) is 0.708. The standard InChI is InChI=1S/C15H14IN3/c1-10-14(16)15(17)19(18-10)9-12-7-4-6-11-5-2-3-8-13(11)12/h2-8H,9,17H2,1H3. The van der Waals surface area contributed by atoms with E-state index in [0.717, 1.165) is 15.1 Å². The van der Waals surface area contributed by atoms with Gasteiger partial charge in [-0.1, -0.05) is 42.5 Å². The molecule has 1 heterocycles. The van der Waals surface area contributed by atoms with E-state index in [0.29, 0.717) is 6.54 Å². The van der Waals surface area contributed by atoms with E-state index in [1.807, 2.05) is 11.6 Å². The van der Waals surface area contributed by atoms with Crippen molar-refractivity contribution in [3.05, 3.63) is 57.3 Å². The highest BCUT2D eigenvalue weighted by atomic mass is 127. The maximum Gasteiger partial charge on any atom is 0.135 e. The summed E-state index contributed by atoms with van der Waals surface area (Å²) in [4.78, 5) is 0. The number of hydrogen-bond acceptors (Lipinski definition) is 2. The SMILES string of the molecule is Cc1nn(Cc2cccc3ccccc23)c(N)c1I. The minimum Gasteiger partial charge on any atom is -0.383 e. The number of rotatable bonds is 2. The van der Waals surface area contributed by atoms with E-state index in [9.17, 15) is 0 Å². The van der Waals surface area contributed by atoms with Crippen molar-refractivity contribution in [2.75, 3.05) is 5.73 Å². The van der Waals surface area contributed by atoms with Gasteiger partial charge in [0.2, 0.25) is 0 Å². The van der Waals surface area contributed by atoms with E-state index in [1.165, 1.54) is 16.3 Å². The third-order valence-electron chi connectivity index (χ3n) is 3.29. The van der Waals surface area contributed by atoms with Crippen LogP contribution in [-0.4, -0.2) is 9.78 Å². The zero-order chi connectivity index (χ0) is 13.4. The average Bonchev–Trinajstić information content (AvgIpc) is 2.67. The molecule has 19 heavy (non-hydrogen) atoms. The maximum absolute atomic E-state index is 6.09. The molecule has 0 aliphatic heterocycles. The summed E-state index contributed by atoms with van der Waals surface area (Å²) in [5, 5.41) is 7.00. The van der Waals surface area contributed by atoms with Gasteiger partial charge >= 0.3 is 0 Å². The Morgan fingerprint density at radius 1 is 1.16 bits per heavy atom. The Hall–Kier alpha value is -1.56. The number of benzene rings is 2. The van der Waals surface area contributed by atoms with Crippen LogP contribution in [0.25, 0.3) is 10.8 Å². The van der Waals surface area contributed by atoms with Gasteiger partial charge in [-0.2, -0.15) is 5.10 Å². The molecular weight excluding hydrogens is 349 g/mol. The van der Waals surface area contributed by atoms with Crippen molar-refractivity contribution in [2.45, 2.75) is 13.5 Å². The summed E-state index contributed by atoms with van der Waals surface area (Å²) in [6.07, 6.45) is 0. The van der Waals surface area contributed by atoms with Crippen LogP contribution >= 0.6 is 22.6 Å². The van der Waals surface area contributed by atoms with Crippen molar-refractivity contribution >= 4 is 39.2 Å². The molecule has 96 valence electrons. The second kappa shape index (κ2) is 4.85. The molecule has 2 N–H and O–H groups in total. The van der Waals surface area contributed by atoms with Gasteiger partial charge in [-0.3, -0.25) is 0 Å². The highest BCUT2D eigenvalue weighted by Crippen LogP contribution is 2.23. The molecule has 0 atom stereocenters. The van der Waals surface area contributed by atoms with E-state index in [1.54, 1.807) is 0 Å². The minimum absolute atomic E-state index is 0.705. The molecule has 0 saturated heterocycles. The van der Waals surface area contributed by atoms with Gasteiger partial charge < -0.3 is 5.73 Å². The molecule has 0 aliphatic rings. The molecule has 0 amide bonds. The topological polar surface area (TPSA) is 43.8 Å². The molecule has 2 aromatic carbocycles. The molecular formula is C15H14IN3. The third kappa shape index (κ3) is 2.20. The largest absolute Gasteiger partial charge is 0.383 e. The zero-order valence-electron chi connectivity index (χ0n) is 10.6. The third-order valence-corrected chi connectivity index (χ3v) is 4.62. The number of aryl methyl sites for hydroxylation is 1. The van der Waals surface area contributed by atoms with E-state index in [-0.39, 0.29) is 0 Å². The summed E-state index contributed by atoms with van der Waals surface area (Å²) >= 11 is 2.24. The van der Waals surface area contributed by atoms with Crippen LogP contribution in [0.5, 0.6) is 0 Å². The summed E-state index contributed by atoms with van der Waals surface area (Å²) in [5.74, 6) is 0.742. The Balaban J connectivity index is 2.08. The molecule has 1 aromatic heterocycles. The fourth-order valence-electron chi connectivity index (χ4n) is 2.29.